The Morgan fingerprint density at radius 2 is 2.05 bits per heavy atom. The summed E-state index contributed by atoms with van der Waals surface area (Å²) in [5.41, 5.74) is 2.11. The quantitative estimate of drug-likeness (QED) is 0.317. The number of rotatable bonds is 5. The number of H-pyrrole nitrogens is 1. The van der Waals surface area contributed by atoms with Crippen LogP contribution in [-0.4, -0.2) is 53.5 Å². The molecule has 0 radical (unpaired) electrons. The van der Waals surface area contributed by atoms with Gasteiger partial charge in [-0.15, -0.1) is 11.3 Å². The second-order valence-electron chi connectivity index (χ2n) is 10.2. The van der Waals surface area contributed by atoms with Gasteiger partial charge in [-0.3, -0.25) is 14.5 Å². The van der Waals surface area contributed by atoms with Gasteiger partial charge >= 0.3 is 0 Å². The number of amidine groups is 1. The van der Waals surface area contributed by atoms with E-state index in [1.165, 1.54) is 22.3 Å². The van der Waals surface area contributed by atoms with Crippen molar-refractivity contribution in [1.29, 1.82) is 0 Å². The van der Waals surface area contributed by atoms with Gasteiger partial charge in [-0.05, 0) is 73.8 Å². The van der Waals surface area contributed by atoms with Gasteiger partial charge in [0.05, 0.1) is 16.3 Å². The van der Waals surface area contributed by atoms with Crippen LogP contribution in [0.2, 0.25) is 0 Å². The van der Waals surface area contributed by atoms with Gasteiger partial charge in [0.15, 0.2) is 0 Å². The van der Waals surface area contributed by atoms with E-state index in [4.69, 9.17) is 0 Å². The van der Waals surface area contributed by atoms with Gasteiger partial charge in [0.1, 0.15) is 17.3 Å². The minimum atomic E-state index is -0.538. The van der Waals surface area contributed by atoms with E-state index in [2.05, 4.69) is 38.5 Å². The van der Waals surface area contributed by atoms with Gasteiger partial charge in [0, 0.05) is 36.0 Å². The van der Waals surface area contributed by atoms with E-state index >= 15 is 0 Å². The van der Waals surface area contributed by atoms with Crippen LogP contribution in [0.15, 0.2) is 88.3 Å². The van der Waals surface area contributed by atoms with E-state index in [1.807, 2.05) is 42.6 Å². The number of likely N-dealkylation sites (N-methyl/N-ethyl adjacent to an activating group) is 1. The molecule has 1 atom stereocenters. The highest BCUT2D eigenvalue weighted by molar-refractivity contribution is 7.20. The van der Waals surface area contributed by atoms with Crippen LogP contribution in [-0.2, 0) is 0 Å². The van der Waals surface area contributed by atoms with Crippen LogP contribution in [0.3, 0.4) is 0 Å². The molecule has 1 unspecified atom stereocenters. The Balaban J connectivity index is 1.25. The highest BCUT2D eigenvalue weighted by Gasteiger charge is 2.24. The molecule has 1 fully saturated rings. The monoisotopic (exact) mass is 568 g/mol. The summed E-state index contributed by atoms with van der Waals surface area (Å²) in [6, 6.07) is 15.9. The number of benzene rings is 2. The summed E-state index contributed by atoms with van der Waals surface area (Å²) in [5.74, 6) is -0.216. The van der Waals surface area contributed by atoms with Crippen LogP contribution in [0, 0.1) is 5.82 Å². The second-order valence-corrected chi connectivity index (χ2v) is 11.3. The summed E-state index contributed by atoms with van der Waals surface area (Å²) in [6.45, 7) is 1.07. The maximum Gasteiger partial charge on any atom is 0.287 e. The number of aliphatic imine (C=N–C) groups is 1. The lowest BCUT2D eigenvalue weighted by Gasteiger charge is -2.19. The van der Waals surface area contributed by atoms with Crippen LogP contribution in [0.1, 0.15) is 28.9 Å². The molecule has 2 aliphatic rings. The number of fused-ring (bicyclic) bond motifs is 1. The number of likely N-dealkylation sites (tertiary alicyclic amines) is 1. The third-order valence-electron chi connectivity index (χ3n) is 7.52. The van der Waals surface area contributed by atoms with Crippen molar-refractivity contribution >= 4 is 44.5 Å². The number of nitrogens with one attached hydrogen (secondary N) is 2. The van der Waals surface area contributed by atoms with Crippen molar-refractivity contribution in [2.75, 3.05) is 30.9 Å². The molecular formula is C31H29FN6O2S. The average molecular weight is 569 g/mol. The summed E-state index contributed by atoms with van der Waals surface area (Å²) in [6.07, 6.45) is 8.81. The highest BCUT2D eigenvalue weighted by Crippen LogP contribution is 2.31. The number of carbonyl (C=O) groups excluding carboxylic acids is 1. The SMILES string of the molecule is CN(C(=O)c1cc2ccccc2s1)c1cc(-c2cc(NC3=NC=C(C4CCCN4C)C=CC3)c(=O)[nH]n2)ccc1F. The molecule has 8 nitrogen and oxygen atoms in total. The molecule has 0 spiro atoms. The van der Waals surface area contributed by atoms with Gasteiger partial charge in [0.25, 0.3) is 11.5 Å². The lowest BCUT2D eigenvalue weighted by molar-refractivity contribution is 0.0996. The zero-order chi connectivity index (χ0) is 28.5. The smallest absolute Gasteiger partial charge is 0.287 e. The van der Waals surface area contributed by atoms with E-state index < -0.39 is 11.4 Å². The molecule has 0 aliphatic carbocycles. The average Bonchev–Trinajstić information content (AvgIpc) is 3.54. The van der Waals surface area contributed by atoms with Crippen molar-refractivity contribution in [2.45, 2.75) is 25.3 Å². The molecule has 10 heteroatoms. The number of hydrogen-bond acceptors (Lipinski definition) is 7. The Hall–Kier alpha value is -4.41. The number of nitrogens with zero attached hydrogens (tertiary/aromatic N) is 4. The van der Waals surface area contributed by atoms with E-state index in [0.717, 1.165) is 35.0 Å². The maximum absolute atomic E-state index is 15.0. The fourth-order valence-corrected chi connectivity index (χ4v) is 6.30. The standard InChI is InChI=1S/C31H29FN6O2S/c1-37-14-6-9-25(37)21-8-5-11-29(33-18-21)34-24-17-23(35-36-30(24)39)19-12-13-22(32)26(15-19)38(2)31(40)28-16-20-7-3-4-10-27(20)41-28/h3-5,7-8,10,12-13,15-18,25H,6,9,11,14H2,1-2H3,(H,36,39)(H,33,34,35). The van der Waals surface area contributed by atoms with Crippen molar-refractivity contribution < 1.29 is 9.18 Å². The van der Waals surface area contributed by atoms with E-state index in [0.29, 0.717) is 34.4 Å². The number of aromatic amines is 1. The van der Waals surface area contributed by atoms with Gasteiger partial charge in [-0.1, -0.05) is 30.4 Å². The predicted molar refractivity (Wildman–Crippen MR) is 163 cm³/mol. The molecule has 0 saturated carbocycles. The molecule has 1 saturated heterocycles. The third kappa shape index (κ3) is 5.48. The zero-order valence-corrected chi connectivity index (χ0v) is 23.5. The van der Waals surface area contributed by atoms with Crippen LogP contribution in [0.5, 0.6) is 0 Å². The molecule has 1 amide bonds. The summed E-state index contributed by atoms with van der Waals surface area (Å²) >= 11 is 1.37. The van der Waals surface area contributed by atoms with Crippen molar-refractivity contribution in [1.82, 2.24) is 15.1 Å². The number of amides is 1. The second kappa shape index (κ2) is 11.2. The summed E-state index contributed by atoms with van der Waals surface area (Å²) in [4.78, 5) is 34.7. The van der Waals surface area contributed by atoms with Crippen LogP contribution < -0.4 is 15.8 Å². The molecule has 2 N–H and O–H groups in total. The predicted octanol–water partition coefficient (Wildman–Crippen LogP) is 5.82. The summed E-state index contributed by atoms with van der Waals surface area (Å²) in [7, 11) is 3.67. The zero-order valence-electron chi connectivity index (χ0n) is 22.7. The number of carbonyl (C=O) groups is 1. The lowest BCUT2D eigenvalue weighted by Crippen LogP contribution is -2.26. The van der Waals surface area contributed by atoms with E-state index in [9.17, 15) is 14.0 Å². The minimum Gasteiger partial charge on any atom is -0.339 e. The molecular weight excluding hydrogens is 539 g/mol. The number of thiophene rings is 1. The first-order valence-electron chi connectivity index (χ1n) is 13.4. The Labute approximate surface area is 240 Å². The molecule has 4 heterocycles. The number of halogens is 1. The molecule has 2 aliphatic heterocycles. The molecule has 4 aromatic rings. The Morgan fingerprint density at radius 1 is 1.20 bits per heavy atom. The van der Waals surface area contributed by atoms with E-state index in [1.54, 1.807) is 25.2 Å². The molecule has 0 bridgehead atoms. The van der Waals surface area contributed by atoms with Crippen molar-refractivity contribution in [3.05, 3.63) is 99.6 Å². The Morgan fingerprint density at radius 3 is 2.85 bits per heavy atom. The molecule has 2 aromatic heterocycles. The third-order valence-corrected chi connectivity index (χ3v) is 8.63. The molecule has 208 valence electrons. The lowest BCUT2D eigenvalue weighted by atomic mass is 10.1. The largest absolute Gasteiger partial charge is 0.339 e. The normalized spacial score (nSPS) is 17.3. The first kappa shape index (κ1) is 26.8. The fraction of sp³-hybridized carbons (Fsp3) is 0.226. The van der Waals surface area contributed by atoms with E-state index in [-0.39, 0.29) is 17.3 Å². The summed E-state index contributed by atoms with van der Waals surface area (Å²) in [5, 5.41) is 10.8. The fourth-order valence-electron chi connectivity index (χ4n) is 5.26. The van der Waals surface area contributed by atoms with Crippen molar-refractivity contribution in [2.24, 2.45) is 4.99 Å². The van der Waals surface area contributed by atoms with Gasteiger partial charge in [-0.25, -0.2) is 14.5 Å². The van der Waals surface area contributed by atoms with Crippen molar-refractivity contribution in [3.63, 3.8) is 0 Å². The first-order chi connectivity index (χ1) is 19.9. The van der Waals surface area contributed by atoms with Crippen LogP contribution in [0.25, 0.3) is 21.3 Å². The maximum atomic E-state index is 15.0. The summed E-state index contributed by atoms with van der Waals surface area (Å²) < 4.78 is 16.0. The van der Waals surface area contributed by atoms with Gasteiger partial charge in [0.2, 0.25) is 0 Å². The van der Waals surface area contributed by atoms with Crippen molar-refractivity contribution in [3.8, 4) is 11.3 Å². The number of anilines is 2. The van der Waals surface area contributed by atoms with Crippen LogP contribution >= 0.6 is 11.3 Å². The number of aromatic nitrogens is 2. The minimum absolute atomic E-state index is 0.111. The van der Waals surface area contributed by atoms with Gasteiger partial charge in [-0.2, -0.15) is 5.10 Å². The molecule has 2 aromatic carbocycles. The molecule has 41 heavy (non-hydrogen) atoms. The number of hydrogen-bond donors (Lipinski definition) is 2. The van der Waals surface area contributed by atoms with Crippen LogP contribution in [0.4, 0.5) is 15.8 Å². The molecule has 6 rings (SSSR count). The van der Waals surface area contributed by atoms with Gasteiger partial charge < -0.3 is 10.2 Å². The topological polar surface area (TPSA) is 93.7 Å². The Kier molecular flexibility index (Phi) is 7.34. The first-order valence-corrected chi connectivity index (χ1v) is 14.3. The highest BCUT2D eigenvalue weighted by atomic mass is 32.1. The Bertz CT molecular complexity index is 1760.